The maximum absolute atomic E-state index is 6.85. The molecule has 0 atom stereocenters. The van der Waals surface area contributed by atoms with Crippen LogP contribution in [0.3, 0.4) is 0 Å². The number of rotatable bonds is 8. The molecule has 0 spiro atoms. The minimum absolute atomic E-state index is 0.538. The molecule has 0 aliphatic rings. The zero-order valence-electron chi connectivity index (χ0n) is 32.8. The number of benzene rings is 9. The highest BCUT2D eigenvalue weighted by atomic mass is 16.3. The largest absolute Gasteiger partial charge is 0.456 e. The van der Waals surface area contributed by atoms with Gasteiger partial charge in [-0.1, -0.05) is 127 Å². The van der Waals surface area contributed by atoms with Crippen molar-refractivity contribution in [2.45, 2.75) is 0 Å². The summed E-state index contributed by atoms with van der Waals surface area (Å²) in [6.45, 7) is 0. The summed E-state index contributed by atoms with van der Waals surface area (Å²) < 4.78 is 19.7. The first-order valence-electron chi connectivity index (χ1n) is 20.4. The maximum Gasteiger partial charge on any atom is 0.227 e. The summed E-state index contributed by atoms with van der Waals surface area (Å²) in [5.74, 6) is 0.538. The summed E-state index contributed by atoms with van der Waals surface area (Å²) in [7, 11) is 0. The van der Waals surface area contributed by atoms with Crippen molar-refractivity contribution in [3.63, 3.8) is 0 Å². The molecule has 6 nitrogen and oxygen atoms in total. The lowest BCUT2D eigenvalue weighted by Crippen LogP contribution is -2.14. The van der Waals surface area contributed by atoms with Gasteiger partial charge < -0.3 is 23.1 Å². The van der Waals surface area contributed by atoms with Crippen molar-refractivity contribution >= 4 is 89.1 Å². The van der Waals surface area contributed by atoms with Gasteiger partial charge in [-0.25, -0.2) is 4.98 Å². The second-order valence-corrected chi connectivity index (χ2v) is 15.1. The van der Waals surface area contributed by atoms with Gasteiger partial charge in [0.05, 0.1) is 28.1 Å². The van der Waals surface area contributed by atoms with Crippen LogP contribution in [0, 0.1) is 0 Å². The summed E-state index contributed by atoms with van der Waals surface area (Å²) in [4.78, 5) is 9.95. The molecule has 3 heterocycles. The number of hydrogen-bond donors (Lipinski definition) is 0. The standard InChI is InChI=1S/C55H35N3O3/c1-4-17-36(18-5-1)41-23-10-13-26-45(41)58(39-31-32-50-44(33-39)42-24-11-14-28-48(42)59-50)47-34-40(35-52-54(47)56-55(61-52)37-19-6-2-7-20-37)57(38-21-8-3-9-22-38)46-27-16-30-51-53(46)43-25-12-15-29-49(43)60-51/h1-35H. The Morgan fingerprint density at radius 2 is 0.934 bits per heavy atom. The van der Waals surface area contributed by atoms with E-state index in [1.807, 2.05) is 66.7 Å². The topological polar surface area (TPSA) is 58.8 Å². The zero-order valence-corrected chi connectivity index (χ0v) is 32.8. The first kappa shape index (κ1) is 34.7. The number of aromatic nitrogens is 1. The number of anilines is 6. The van der Waals surface area contributed by atoms with Crippen molar-refractivity contribution in [2.24, 2.45) is 0 Å². The van der Waals surface area contributed by atoms with Gasteiger partial charge in [0.2, 0.25) is 5.89 Å². The van der Waals surface area contributed by atoms with Gasteiger partial charge in [0.25, 0.3) is 0 Å². The third kappa shape index (κ3) is 5.84. The van der Waals surface area contributed by atoms with Crippen molar-refractivity contribution in [3.05, 3.63) is 212 Å². The van der Waals surface area contributed by atoms with Gasteiger partial charge in [-0.3, -0.25) is 0 Å². The van der Waals surface area contributed by atoms with Crippen LogP contribution >= 0.6 is 0 Å². The molecule has 0 aliphatic carbocycles. The molecule has 0 amide bonds. The lowest BCUT2D eigenvalue weighted by Gasteiger charge is -2.31. The maximum atomic E-state index is 6.85. The summed E-state index contributed by atoms with van der Waals surface area (Å²) in [5, 5.41) is 4.14. The quantitative estimate of drug-likeness (QED) is 0.153. The number of para-hydroxylation sites is 4. The predicted molar refractivity (Wildman–Crippen MR) is 249 cm³/mol. The summed E-state index contributed by atoms with van der Waals surface area (Å²) in [6.07, 6.45) is 0. The molecule has 6 heteroatoms. The molecule has 12 aromatic rings. The molecule has 61 heavy (non-hydrogen) atoms. The first-order chi connectivity index (χ1) is 30.2. The predicted octanol–water partition coefficient (Wildman–Crippen LogP) is 15.9. The molecular formula is C55H35N3O3. The SMILES string of the molecule is c1ccc(-c2nc3c(N(c4ccc5oc6ccccc6c5c4)c4ccccc4-c4ccccc4)cc(N(c4ccccc4)c4cccc5oc6ccccc6c45)cc3o2)cc1. The van der Waals surface area contributed by atoms with Gasteiger partial charge in [-0.2, -0.15) is 0 Å². The average Bonchev–Trinajstić information content (AvgIpc) is 4.04. The van der Waals surface area contributed by atoms with E-state index < -0.39 is 0 Å². The first-order valence-corrected chi connectivity index (χ1v) is 20.4. The molecule has 0 fully saturated rings. The van der Waals surface area contributed by atoms with E-state index >= 15 is 0 Å². The Hall–Kier alpha value is -8.35. The van der Waals surface area contributed by atoms with Gasteiger partial charge in [0.15, 0.2) is 5.58 Å². The van der Waals surface area contributed by atoms with E-state index in [4.69, 9.17) is 18.2 Å². The van der Waals surface area contributed by atoms with Crippen molar-refractivity contribution < 1.29 is 13.3 Å². The Morgan fingerprint density at radius 3 is 1.74 bits per heavy atom. The molecule has 12 rings (SSSR count). The molecule has 0 saturated carbocycles. The van der Waals surface area contributed by atoms with Crippen LogP contribution in [-0.4, -0.2) is 4.98 Å². The zero-order chi connectivity index (χ0) is 40.3. The number of furan rings is 2. The Morgan fingerprint density at radius 1 is 0.328 bits per heavy atom. The fourth-order valence-corrected chi connectivity index (χ4v) is 8.74. The van der Waals surface area contributed by atoms with Crippen LogP contribution in [0.4, 0.5) is 34.1 Å². The molecule has 288 valence electrons. The lowest BCUT2D eigenvalue weighted by molar-refractivity contribution is 0.620. The molecule has 0 aliphatic heterocycles. The van der Waals surface area contributed by atoms with Crippen molar-refractivity contribution in [1.82, 2.24) is 4.98 Å². The third-order valence-electron chi connectivity index (χ3n) is 11.5. The Balaban J connectivity index is 1.19. The van der Waals surface area contributed by atoms with Crippen LogP contribution in [0.15, 0.2) is 226 Å². The van der Waals surface area contributed by atoms with Gasteiger partial charge in [0, 0.05) is 44.7 Å². The van der Waals surface area contributed by atoms with Crippen LogP contribution in [0.1, 0.15) is 0 Å². The second-order valence-electron chi connectivity index (χ2n) is 15.1. The van der Waals surface area contributed by atoms with Crippen molar-refractivity contribution in [1.29, 1.82) is 0 Å². The summed E-state index contributed by atoms with van der Waals surface area (Å²) in [6, 6.07) is 73.2. The highest BCUT2D eigenvalue weighted by Gasteiger charge is 2.27. The number of hydrogen-bond acceptors (Lipinski definition) is 6. The van der Waals surface area contributed by atoms with E-state index in [0.29, 0.717) is 11.5 Å². The molecule has 9 aromatic carbocycles. The van der Waals surface area contributed by atoms with E-state index in [1.165, 1.54) is 0 Å². The number of fused-ring (bicyclic) bond motifs is 7. The summed E-state index contributed by atoms with van der Waals surface area (Å²) >= 11 is 0. The minimum atomic E-state index is 0.538. The van der Waals surface area contributed by atoms with E-state index in [0.717, 1.165) is 100 Å². The fourth-order valence-electron chi connectivity index (χ4n) is 8.74. The molecule has 0 radical (unpaired) electrons. The van der Waals surface area contributed by atoms with Gasteiger partial charge in [0.1, 0.15) is 27.8 Å². The Labute approximate surface area is 350 Å². The molecule has 0 unspecified atom stereocenters. The molecule has 0 saturated heterocycles. The molecule has 0 N–H and O–H groups in total. The van der Waals surface area contributed by atoms with E-state index in [1.54, 1.807) is 0 Å². The van der Waals surface area contributed by atoms with Crippen molar-refractivity contribution in [3.8, 4) is 22.6 Å². The van der Waals surface area contributed by atoms with Crippen LogP contribution in [-0.2, 0) is 0 Å². The van der Waals surface area contributed by atoms with Crippen LogP contribution < -0.4 is 9.80 Å². The molecule has 0 bridgehead atoms. The minimum Gasteiger partial charge on any atom is -0.456 e. The Bertz CT molecular complexity index is 3550. The van der Waals surface area contributed by atoms with Crippen molar-refractivity contribution in [2.75, 3.05) is 9.80 Å². The molecular weight excluding hydrogens is 751 g/mol. The van der Waals surface area contributed by atoms with Crippen LogP contribution in [0.5, 0.6) is 0 Å². The van der Waals surface area contributed by atoms with Gasteiger partial charge >= 0.3 is 0 Å². The highest BCUT2D eigenvalue weighted by Crippen LogP contribution is 2.49. The Kier molecular flexibility index (Phi) is 8.06. The van der Waals surface area contributed by atoms with E-state index in [2.05, 4.69) is 155 Å². The van der Waals surface area contributed by atoms with Crippen LogP contribution in [0.25, 0.3) is 77.6 Å². The highest BCUT2D eigenvalue weighted by molar-refractivity contribution is 6.14. The van der Waals surface area contributed by atoms with E-state index in [-0.39, 0.29) is 0 Å². The monoisotopic (exact) mass is 785 g/mol. The van der Waals surface area contributed by atoms with Gasteiger partial charge in [-0.15, -0.1) is 0 Å². The average molecular weight is 786 g/mol. The lowest BCUT2D eigenvalue weighted by atomic mass is 10.0. The third-order valence-corrected chi connectivity index (χ3v) is 11.5. The second kappa shape index (κ2) is 14.2. The number of nitrogens with zero attached hydrogens (tertiary/aromatic N) is 3. The fraction of sp³-hybridized carbons (Fsp3) is 0. The molecule has 3 aromatic heterocycles. The summed E-state index contributed by atoms with van der Waals surface area (Å²) in [5.41, 5.74) is 13.4. The smallest absolute Gasteiger partial charge is 0.227 e. The van der Waals surface area contributed by atoms with Gasteiger partial charge in [-0.05, 0) is 84.4 Å². The van der Waals surface area contributed by atoms with E-state index in [9.17, 15) is 0 Å². The normalized spacial score (nSPS) is 11.6. The number of oxazole rings is 1. The van der Waals surface area contributed by atoms with Crippen LogP contribution in [0.2, 0.25) is 0 Å².